The molecule has 1 amide bonds. The van der Waals surface area contributed by atoms with E-state index in [9.17, 15) is 9.90 Å². The Morgan fingerprint density at radius 1 is 0.692 bits per heavy atom. The number of carbonyl (C=O) groups excluding carboxylic acids is 1. The van der Waals surface area contributed by atoms with Crippen LogP contribution in [-0.2, 0) is 35.6 Å². The third-order valence-electron chi connectivity index (χ3n) is 15.1. The predicted octanol–water partition coefficient (Wildman–Crippen LogP) is 11.0. The fourth-order valence-corrected chi connectivity index (χ4v) is 10.9. The maximum Gasteiger partial charge on any atom is 0.246 e. The first-order valence-electron chi connectivity index (χ1n) is 25.1. The van der Waals surface area contributed by atoms with Gasteiger partial charge >= 0.3 is 0 Å². The normalized spacial score (nSPS) is 18.2. The standard InChI is InChI=1S/C57H77B2N3O3/c1-7-42(2)55(64)60-30-16-31-61(37-43-17-8-10-19-45(43)53-25-28-56(3,4)40-58-53)32-27-51-47-21-12-14-23-49(47)52(50-24-15-13-22-48(50)51)39-62(33-35-65-36-34-63)38-44-18-9-11-20-46(44)54-26-29-57(5,6)41-59-54/h8-15,17-24,53-54,58-59,63H,2,7,16,25-41H2,1,3-6H3,(H,60,64). The highest BCUT2D eigenvalue weighted by atomic mass is 16.5. The molecule has 344 valence electrons. The second kappa shape index (κ2) is 23.0. The number of hydrogen-bond donors (Lipinski definition) is 2. The lowest BCUT2D eigenvalue weighted by molar-refractivity contribution is -0.117. The zero-order valence-corrected chi connectivity index (χ0v) is 40.6. The molecule has 2 saturated heterocycles. The molecular formula is C57H77B2N3O3. The van der Waals surface area contributed by atoms with E-state index in [-0.39, 0.29) is 12.5 Å². The molecule has 0 spiro atoms. The summed E-state index contributed by atoms with van der Waals surface area (Å²) < 4.78 is 5.94. The molecule has 5 aromatic carbocycles. The van der Waals surface area contributed by atoms with Gasteiger partial charge in [0.25, 0.3) is 0 Å². The highest BCUT2D eigenvalue weighted by Crippen LogP contribution is 2.42. The van der Waals surface area contributed by atoms with Crippen LogP contribution in [0.15, 0.2) is 109 Å². The fraction of sp³-hybridized carbons (Fsp3) is 0.491. The summed E-state index contributed by atoms with van der Waals surface area (Å²) in [6.07, 6.45) is 10.0. The summed E-state index contributed by atoms with van der Waals surface area (Å²) in [4.78, 5) is 17.9. The van der Waals surface area contributed by atoms with Gasteiger partial charge in [0.15, 0.2) is 0 Å². The van der Waals surface area contributed by atoms with Crippen LogP contribution in [0.2, 0.25) is 12.6 Å². The highest BCUT2D eigenvalue weighted by Gasteiger charge is 2.31. The third-order valence-corrected chi connectivity index (χ3v) is 15.1. The zero-order chi connectivity index (χ0) is 45.8. The smallest absolute Gasteiger partial charge is 0.246 e. The van der Waals surface area contributed by atoms with Crippen LogP contribution in [0.25, 0.3) is 21.5 Å². The Labute approximate surface area is 393 Å². The van der Waals surface area contributed by atoms with E-state index >= 15 is 0 Å². The molecule has 2 aliphatic heterocycles. The first-order chi connectivity index (χ1) is 31.4. The first kappa shape index (κ1) is 48.7. The van der Waals surface area contributed by atoms with Gasteiger partial charge in [-0.05, 0) is 109 Å². The van der Waals surface area contributed by atoms with Crippen LogP contribution in [0.4, 0.5) is 0 Å². The van der Waals surface area contributed by atoms with Crippen LogP contribution >= 0.6 is 0 Å². The fourth-order valence-electron chi connectivity index (χ4n) is 10.9. The number of aliphatic hydroxyl groups is 1. The van der Waals surface area contributed by atoms with Crippen LogP contribution in [-0.4, -0.2) is 81.4 Å². The van der Waals surface area contributed by atoms with Crippen molar-refractivity contribution in [1.82, 2.24) is 15.1 Å². The number of aliphatic hydroxyl groups excluding tert-OH is 1. The summed E-state index contributed by atoms with van der Waals surface area (Å²) in [5.74, 6) is 1.17. The van der Waals surface area contributed by atoms with Gasteiger partial charge in [0, 0.05) is 51.4 Å². The molecule has 0 aliphatic carbocycles. The number of carbonyl (C=O) groups is 1. The van der Waals surface area contributed by atoms with E-state index in [1.165, 1.54) is 108 Å². The summed E-state index contributed by atoms with van der Waals surface area (Å²) >= 11 is 0. The number of rotatable bonds is 22. The lowest BCUT2D eigenvalue weighted by Gasteiger charge is -2.35. The third kappa shape index (κ3) is 13.0. The number of nitrogens with zero attached hydrogens (tertiary/aromatic N) is 2. The Kier molecular flexibility index (Phi) is 17.2. The second-order valence-corrected chi connectivity index (χ2v) is 21.0. The van der Waals surface area contributed by atoms with Crippen LogP contribution in [0.5, 0.6) is 0 Å². The quantitative estimate of drug-likeness (QED) is 0.0314. The summed E-state index contributed by atoms with van der Waals surface area (Å²) in [6.45, 7) is 22.4. The van der Waals surface area contributed by atoms with Gasteiger partial charge in [-0.15, -0.1) is 0 Å². The molecule has 2 unspecified atom stereocenters. The molecule has 2 heterocycles. The van der Waals surface area contributed by atoms with Crippen molar-refractivity contribution >= 4 is 42.0 Å². The highest BCUT2D eigenvalue weighted by molar-refractivity contribution is 6.38. The predicted molar refractivity (Wildman–Crippen MR) is 278 cm³/mol. The molecule has 0 saturated carbocycles. The van der Waals surface area contributed by atoms with Crippen LogP contribution < -0.4 is 5.32 Å². The summed E-state index contributed by atoms with van der Waals surface area (Å²) in [7, 11) is 2.50. The molecule has 2 fully saturated rings. The molecule has 0 aromatic heterocycles. The average molecular weight is 874 g/mol. The van der Waals surface area contributed by atoms with Crippen molar-refractivity contribution in [3.8, 4) is 0 Å². The van der Waals surface area contributed by atoms with E-state index in [1.54, 1.807) is 0 Å². The minimum absolute atomic E-state index is 0.0311. The van der Waals surface area contributed by atoms with E-state index in [0.717, 1.165) is 52.1 Å². The van der Waals surface area contributed by atoms with Crippen molar-refractivity contribution < 1.29 is 14.6 Å². The maximum absolute atomic E-state index is 12.7. The van der Waals surface area contributed by atoms with Gasteiger partial charge in [-0.2, -0.15) is 0 Å². The minimum atomic E-state index is -0.0311. The Hall–Kier alpha value is -4.20. The number of amides is 1. The molecule has 0 radical (unpaired) electrons. The van der Waals surface area contributed by atoms with Gasteiger partial charge in [0.1, 0.15) is 14.6 Å². The molecule has 8 heteroatoms. The Bertz CT molecular complexity index is 2280. The monoisotopic (exact) mass is 874 g/mol. The number of benzene rings is 5. The zero-order valence-electron chi connectivity index (χ0n) is 40.6. The van der Waals surface area contributed by atoms with Gasteiger partial charge in [0.2, 0.25) is 5.91 Å². The average Bonchev–Trinajstić information content (AvgIpc) is 3.31. The van der Waals surface area contributed by atoms with Crippen LogP contribution in [0.3, 0.4) is 0 Å². The topological polar surface area (TPSA) is 65.0 Å². The second-order valence-electron chi connectivity index (χ2n) is 21.0. The lowest BCUT2D eigenvalue weighted by Crippen LogP contribution is -2.32. The van der Waals surface area contributed by atoms with E-state index < -0.39 is 0 Å². The van der Waals surface area contributed by atoms with Gasteiger partial charge < -0.3 is 15.2 Å². The Morgan fingerprint density at radius 2 is 1.20 bits per heavy atom. The number of hydrogen-bond acceptors (Lipinski definition) is 5. The number of fused-ring (bicyclic) bond motifs is 2. The molecular weight excluding hydrogens is 796 g/mol. The molecule has 2 aliphatic rings. The Balaban J connectivity index is 1.18. The number of nitrogens with one attached hydrogen (secondary N) is 1. The van der Waals surface area contributed by atoms with Crippen molar-refractivity contribution in [3.63, 3.8) is 0 Å². The molecule has 65 heavy (non-hydrogen) atoms. The van der Waals surface area contributed by atoms with Crippen molar-refractivity contribution in [1.29, 1.82) is 0 Å². The molecule has 0 bridgehead atoms. The number of ether oxygens (including phenoxy) is 1. The van der Waals surface area contributed by atoms with E-state index in [0.29, 0.717) is 54.2 Å². The van der Waals surface area contributed by atoms with Gasteiger partial charge in [-0.3, -0.25) is 14.6 Å². The first-order valence-corrected chi connectivity index (χ1v) is 25.1. The van der Waals surface area contributed by atoms with Crippen molar-refractivity contribution in [2.75, 3.05) is 46.0 Å². The summed E-state index contributed by atoms with van der Waals surface area (Å²) in [6, 6.07) is 36.6. The summed E-state index contributed by atoms with van der Waals surface area (Å²) in [5.41, 5.74) is 10.2. The van der Waals surface area contributed by atoms with Crippen molar-refractivity contribution in [2.24, 2.45) is 10.8 Å². The maximum atomic E-state index is 12.7. The Morgan fingerprint density at radius 3 is 1.71 bits per heavy atom. The summed E-state index contributed by atoms with van der Waals surface area (Å²) in [5, 5.41) is 18.0. The molecule has 2 atom stereocenters. The minimum Gasteiger partial charge on any atom is -0.394 e. The van der Waals surface area contributed by atoms with Crippen molar-refractivity contribution in [2.45, 2.75) is 123 Å². The molecule has 2 N–H and O–H groups in total. The van der Waals surface area contributed by atoms with E-state index in [4.69, 9.17) is 4.74 Å². The van der Waals surface area contributed by atoms with E-state index in [1.807, 2.05) is 6.92 Å². The van der Waals surface area contributed by atoms with Crippen molar-refractivity contribution in [3.05, 3.63) is 143 Å². The van der Waals surface area contributed by atoms with Gasteiger partial charge in [-0.25, -0.2) is 0 Å². The van der Waals surface area contributed by atoms with Gasteiger partial charge in [0.05, 0.1) is 19.8 Å². The van der Waals surface area contributed by atoms with Crippen LogP contribution in [0.1, 0.15) is 118 Å². The largest absolute Gasteiger partial charge is 0.394 e. The van der Waals surface area contributed by atoms with Gasteiger partial charge in [-0.1, -0.05) is 164 Å². The molecule has 6 nitrogen and oxygen atoms in total. The van der Waals surface area contributed by atoms with Crippen LogP contribution in [0, 0.1) is 10.8 Å². The lowest BCUT2D eigenvalue weighted by atomic mass is 9.47. The van der Waals surface area contributed by atoms with E-state index in [2.05, 4.69) is 146 Å². The SMILES string of the molecule is C=C(CC)C(=O)NCCCN(CCc1c2ccccc2c(CN(CCOCCO)Cc2ccccc2C2BCC(C)(C)CC2)c2ccccc12)Cc1ccccc1C1BCC(C)(C)CC1. The molecule has 7 rings (SSSR count). The molecule has 5 aromatic rings.